The summed E-state index contributed by atoms with van der Waals surface area (Å²) in [6, 6.07) is 10.8. The van der Waals surface area contributed by atoms with Crippen LogP contribution < -0.4 is 11.1 Å². The van der Waals surface area contributed by atoms with E-state index in [0.717, 1.165) is 25.1 Å². The van der Waals surface area contributed by atoms with Crippen molar-refractivity contribution in [3.05, 3.63) is 83.4 Å². The maximum absolute atomic E-state index is 14.0. The summed E-state index contributed by atoms with van der Waals surface area (Å²) in [4.78, 5) is 43.9. The number of aliphatic imine (C=N–C) groups is 1. The molecule has 0 radical (unpaired) electrons. The van der Waals surface area contributed by atoms with Crippen LogP contribution >= 0.6 is 11.6 Å². The summed E-state index contributed by atoms with van der Waals surface area (Å²) < 4.78 is 59.8. The summed E-state index contributed by atoms with van der Waals surface area (Å²) in [5, 5.41) is 5.63. The number of nitrogens with zero attached hydrogens (tertiary/aromatic N) is 7. The molecule has 4 aromatic rings. The Hall–Kier alpha value is -5.12. The van der Waals surface area contributed by atoms with Crippen molar-refractivity contribution in [2.75, 3.05) is 13.7 Å². The number of amides is 2. The third-order valence-corrected chi connectivity index (χ3v) is 7.01. The molecule has 2 heterocycles. The molecule has 2 aromatic heterocycles. The predicted octanol–water partition coefficient (Wildman–Crippen LogP) is 5.35. The van der Waals surface area contributed by atoms with Crippen LogP contribution in [0.25, 0.3) is 22.8 Å². The van der Waals surface area contributed by atoms with Gasteiger partial charge in [-0.25, -0.2) is 28.5 Å². The largest absolute Gasteiger partial charge is 0.447 e. The number of halogens is 5. The van der Waals surface area contributed by atoms with Crippen LogP contribution in [0.3, 0.4) is 0 Å². The molecule has 46 heavy (non-hydrogen) atoms. The van der Waals surface area contributed by atoms with E-state index in [1.165, 1.54) is 37.4 Å². The Morgan fingerprint density at radius 1 is 1.09 bits per heavy atom. The fraction of sp³-hybridized carbons (Fsp3) is 0.276. The van der Waals surface area contributed by atoms with Crippen LogP contribution in [0.1, 0.15) is 42.4 Å². The van der Waals surface area contributed by atoms with E-state index in [9.17, 15) is 27.2 Å². The van der Waals surface area contributed by atoms with Crippen molar-refractivity contribution >= 4 is 29.6 Å². The number of ether oxygens (including phenoxy) is 1. The molecule has 4 rings (SSSR count). The second kappa shape index (κ2) is 14.3. The second-order valence-corrected chi connectivity index (χ2v) is 10.6. The molecule has 242 valence electrons. The molecule has 0 aliphatic heterocycles. The monoisotopic (exact) mass is 661 g/mol. The van der Waals surface area contributed by atoms with Crippen LogP contribution in [0, 0.1) is 0 Å². The lowest BCUT2D eigenvalue weighted by Crippen LogP contribution is -2.50. The molecule has 0 saturated carbocycles. The number of hydrogen-bond donors (Lipinski definition) is 2. The number of carbonyl (C=O) groups excluding carboxylic acids is 2. The molecule has 0 unspecified atom stereocenters. The lowest BCUT2D eigenvalue weighted by atomic mass is 10.0. The minimum atomic E-state index is -3.05. The number of nitrogens with two attached hydrogens (primary N) is 1. The van der Waals surface area contributed by atoms with Gasteiger partial charge in [-0.15, -0.1) is 0 Å². The van der Waals surface area contributed by atoms with Gasteiger partial charge in [0.05, 0.1) is 16.6 Å². The Bertz CT molecular complexity index is 1700. The number of guanidine groups is 1. The zero-order valence-corrected chi connectivity index (χ0v) is 25.4. The molecule has 0 fully saturated rings. The van der Waals surface area contributed by atoms with E-state index in [1.807, 2.05) is 0 Å². The van der Waals surface area contributed by atoms with E-state index in [0.29, 0.717) is 16.1 Å². The fourth-order valence-corrected chi connectivity index (χ4v) is 4.40. The number of alkyl carbamates (subject to hydrolysis) is 1. The van der Waals surface area contributed by atoms with E-state index < -0.39 is 43.2 Å². The fourth-order valence-electron chi connectivity index (χ4n) is 4.20. The summed E-state index contributed by atoms with van der Waals surface area (Å²) in [6.45, 7) is -1.49. The molecule has 2 amide bonds. The van der Waals surface area contributed by atoms with Gasteiger partial charge in [0.25, 0.3) is 12.3 Å². The van der Waals surface area contributed by atoms with Gasteiger partial charge in [-0.05, 0) is 49.7 Å². The Morgan fingerprint density at radius 2 is 1.76 bits per heavy atom. The maximum atomic E-state index is 14.0. The van der Waals surface area contributed by atoms with Crippen LogP contribution in [0.5, 0.6) is 0 Å². The van der Waals surface area contributed by atoms with Gasteiger partial charge < -0.3 is 15.8 Å². The minimum absolute atomic E-state index is 0.0110. The molecule has 0 saturated heterocycles. The summed E-state index contributed by atoms with van der Waals surface area (Å²) in [5.74, 6) is -0.874. The molecular formula is C29H28ClF4N9O3. The van der Waals surface area contributed by atoms with Crippen LogP contribution in [0.4, 0.5) is 22.4 Å². The highest BCUT2D eigenvalue weighted by Crippen LogP contribution is 2.34. The number of nitrogens with one attached hydrogen (secondary N) is 1. The van der Waals surface area contributed by atoms with Gasteiger partial charge in [-0.3, -0.25) is 14.7 Å². The third kappa shape index (κ3) is 7.56. The Labute approximate surface area is 265 Å². The lowest BCUT2D eigenvalue weighted by Gasteiger charge is -2.32. The number of carbonyl (C=O) groups is 2. The average molecular weight is 662 g/mol. The first-order valence-electron chi connectivity index (χ1n) is 13.5. The van der Waals surface area contributed by atoms with Gasteiger partial charge in [-0.2, -0.15) is 18.6 Å². The smallest absolute Gasteiger partial charge is 0.407 e. The van der Waals surface area contributed by atoms with Crippen molar-refractivity contribution in [1.29, 1.82) is 0 Å². The summed E-state index contributed by atoms with van der Waals surface area (Å²) in [6.07, 6.45) is -0.0910. The average Bonchev–Trinajstić information content (AvgIpc) is 3.53. The first kappa shape index (κ1) is 33.8. The van der Waals surface area contributed by atoms with Crippen LogP contribution in [-0.4, -0.2) is 73.2 Å². The van der Waals surface area contributed by atoms with Gasteiger partial charge in [0.1, 0.15) is 12.9 Å². The first-order valence-corrected chi connectivity index (χ1v) is 13.9. The summed E-state index contributed by atoms with van der Waals surface area (Å²) in [5.41, 5.74) is 5.23. The van der Waals surface area contributed by atoms with Crippen molar-refractivity contribution < 1.29 is 31.9 Å². The quantitative estimate of drug-likeness (QED) is 0.131. The molecule has 12 nitrogen and oxygen atoms in total. The Balaban J connectivity index is 1.77. The Kier molecular flexibility index (Phi) is 10.5. The summed E-state index contributed by atoms with van der Waals surface area (Å²) >= 11 is 6.36. The number of hydrogen-bond acceptors (Lipinski definition) is 8. The van der Waals surface area contributed by atoms with Gasteiger partial charge in [0, 0.05) is 36.1 Å². The zero-order chi connectivity index (χ0) is 33.6. The number of rotatable bonds is 10. The molecule has 0 spiro atoms. The van der Waals surface area contributed by atoms with E-state index in [4.69, 9.17) is 22.1 Å². The van der Waals surface area contributed by atoms with Gasteiger partial charge in [0.15, 0.2) is 17.6 Å². The van der Waals surface area contributed by atoms with Crippen molar-refractivity contribution in [3.63, 3.8) is 0 Å². The molecular weight excluding hydrogens is 634 g/mol. The predicted molar refractivity (Wildman–Crippen MR) is 160 cm³/mol. The number of benzene rings is 2. The van der Waals surface area contributed by atoms with Crippen LogP contribution in [0.2, 0.25) is 5.02 Å². The molecule has 2 aromatic carbocycles. The molecule has 17 heteroatoms. The topological polar surface area (TPSA) is 154 Å². The van der Waals surface area contributed by atoms with E-state index in [2.05, 4.69) is 30.4 Å². The van der Waals surface area contributed by atoms with Crippen molar-refractivity contribution in [2.24, 2.45) is 10.7 Å². The normalized spacial score (nSPS) is 12.7. The second-order valence-electron chi connectivity index (χ2n) is 10.2. The third-order valence-electron chi connectivity index (χ3n) is 6.68. The Morgan fingerprint density at radius 3 is 2.37 bits per heavy atom. The lowest BCUT2D eigenvalue weighted by molar-refractivity contribution is 0.0404. The van der Waals surface area contributed by atoms with Crippen molar-refractivity contribution in [1.82, 2.24) is 34.9 Å². The maximum Gasteiger partial charge on any atom is 0.407 e. The first-order chi connectivity index (χ1) is 21.8. The standard InChI is InChI=1S/C29H28ClF4N9O3/c1-29(2,25(31)32)41-28(45)46-14-21(18-9-10-20(30)19(13-18)23-39-15-40-43(23)26(33)34)42(27(35)36-3)24(44)17-7-5-16(6-8-17)22-37-11-4-12-38-22/h4-13,15,21,25-26H,14H2,1-3H3,(H2,35,36)(H,41,45)/t21-/m1/s1. The summed E-state index contributed by atoms with van der Waals surface area (Å²) in [7, 11) is 1.32. The van der Waals surface area contributed by atoms with Crippen LogP contribution in [0.15, 0.2) is 72.2 Å². The van der Waals surface area contributed by atoms with Crippen molar-refractivity contribution in [2.45, 2.75) is 38.4 Å². The zero-order valence-electron chi connectivity index (χ0n) is 24.6. The van der Waals surface area contributed by atoms with Gasteiger partial charge in [0.2, 0.25) is 0 Å². The minimum Gasteiger partial charge on any atom is -0.447 e. The molecule has 0 aliphatic rings. The van der Waals surface area contributed by atoms with Crippen LogP contribution in [-0.2, 0) is 4.74 Å². The van der Waals surface area contributed by atoms with E-state index in [1.54, 1.807) is 30.6 Å². The van der Waals surface area contributed by atoms with Gasteiger partial charge >= 0.3 is 12.6 Å². The SMILES string of the molecule is CN=C(N)N(C(=O)c1ccc(-c2ncccn2)cc1)[C@H](COC(=O)NC(C)(C)C(F)F)c1ccc(Cl)c(-c2ncnn2C(F)F)c1. The molecule has 0 aliphatic carbocycles. The van der Waals surface area contributed by atoms with Gasteiger partial charge in [-0.1, -0.05) is 29.8 Å². The number of alkyl halides is 4. The molecule has 1 atom stereocenters. The highest BCUT2D eigenvalue weighted by atomic mass is 35.5. The number of aromatic nitrogens is 5. The highest BCUT2D eigenvalue weighted by Gasteiger charge is 2.34. The van der Waals surface area contributed by atoms with Crippen molar-refractivity contribution in [3.8, 4) is 22.8 Å². The highest BCUT2D eigenvalue weighted by molar-refractivity contribution is 6.33. The van der Waals surface area contributed by atoms with E-state index in [-0.39, 0.29) is 33.5 Å². The van der Waals surface area contributed by atoms with E-state index >= 15 is 0 Å². The molecule has 3 N–H and O–H groups in total. The molecule has 0 bridgehead atoms.